The second-order valence-corrected chi connectivity index (χ2v) is 3.47. The molecule has 0 bridgehead atoms. The first-order valence-electron chi connectivity index (χ1n) is 4.76. The summed E-state index contributed by atoms with van der Waals surface area (Å²) < 4.78 is 13.4. The van der Waals surface area contributed by atoms with Gasteiger partial charge in [-0.15, -0.1) is 0 Å². The lowest BCUT2D eigenvalue weighted by Gasteiger charge is -2.18. The van der Waals surface area contributed by atoms with Crippen LogP contribution < -0.4 is 4.90 Å². The molecular formula is C11H11FN2. The molecule has 1 fully saturated rings. The van der Waals surface area contributed by atoms with Crippen molar-refractivity contribution >= 4 is 5.69 Å². The molecule has 1 aromatic rings. The molecule has 1 aliphatic rings. The molecule has 0 radical (unpaired) electrons. The highest BCUT2D eigenvalue weighted by atomic mass is 19.1. The van der Waals surface area contributed by atoms with E-state index in [4.69, 9.17) is 5.26 Å². The van der Waals surface area contributed by atoms with Crippen LogP contribution in [-0.2, 0) is 0 Å². The maximum absolute atomic E-state index is 13.4. The van der Waals surface area contributed by atoms with Gasteiger partial charge in [0, 0.05) is 13.1 Å². The van der Waals surface area contributed by atoms with Crippen molar-refractivity contribution in [3.63, 3.8) is 0 Å². The van der Waals surface area contributed by atoms with Crippen LogP contribution in [0.2, 0.25) is 0 Å². The third-order valence-electron chi connectivity index (χ3n) is 2.52. The van der Waals surface area contributed by atoms with Crippen LogP contribution in [0.1, 0.15) is 18.4 Å². The molecule has 2 rings (SSSR count). The van der Waals surface area contributed by atoms with E-state index in [0.717, 1.165) is 25.9 Å². The second kappa shape index (κ2) is 3.67. The average molecular weight is 190 g/mol. The predicted octanol–water partition coefficient (Wildman–Crippen LogP) is 2.30. The molecule has 1 heterocycles. The third kappa shape index (κ3) is 1.56. The Balaban J connectivity index is 2.35. The zero-order valence-electron chi connectivity index (χ0n) is 7.83. The molecular weight excluding hydrogens is 179 g/mol. The molecule has 3 heteroatoms. The maximum atomic E-state index is 13.4. The number of hydrogen-bond acceptors (Lipinski definition) is 2. The zero-order chi connectivity index (χ0) is 9.97. The molecule has 1 aliphatic heterocycles. The molecule has 14 heavy (non-hydrogen) atoms. The maximum Gasteiger partial charge on any atom is 0.146 e. The Bertz CT molecular complexity index is 375. The van der Waals surface area contributed by atoms with E-state index in [1.165, 1.54) is 12.1 Å². The average Bonchev–Trinajstić information content (AvgIpc) is 2.71. The van der Waals surface area contributed by atoms with Crippen molar-refractivity contribution in [2.24, 2.45) is 0 Å². The number of hydrogen-bond donors (Lipinski definition) is 0. The molecule has 0 unspecified atom stereocenters. The summed E-state index contributed by atoms with van der Waals surface area (Å²) in [7, 11) is 0. The monoisotopic (exact) mass is 190 g/mol. The number of nitrogens with zero attached hydrogens (tertiary/aromatic N) is 2. The Morgan fingerprint density at radius 2 is 2.00 bits per heavy atom. The van der Waals surface area contributed by atoms with E-state index in [2.05, 4.69) is 0 Å². The standard InChI is InChI=1S/C11H11FN2/c12-10-4-3-9(8-13)7-11(10)14-5-1-2-6-14/h3-4,7H,1-2,5-6H2. The Hall–Kier alpha value is -1.56. The summed E-state index contributed by atoms with van der Waals surface area (Å²) in [6.07, 6.45) is 2.21. The lowest BCUT2D eigenvalue weighted by atomic mass is 10.2. The highest BCUT2D eigenvalue weighted by Gasteiger charge is 2.16. The lowest BCUT2D eigenvalue weighted by molar-refractivity contribution is 0.623. The summed E-state index contributed by atoms with van der Waals surface area (Å²) in [6, 6.07) is 6.53. The Labute approximate surface area is 82.6 Å². The van der Waals surface area contributed by atoms with Gasteiger partial charge in [-0.05, 0) is 31.0 Å². The van der Waals surface area contributed by atoms with Crippen molar-refractivity contribution in [2.45, 2.75) is 12.8 Å². The third-order valence-corrected chi connectivity index (χ3v) is 2.52. The van der Waals surface area contributed by atoms with Crippen LogP contribution in [0, 0.1) is 17.1 Å². The van der Waals surface area contributed by atoms with Gasteiger partial charge >= 0.3 is 0 Å². The Kier molecular flexibility index (Phi) is 2.36. The molecule has 0 aliphatic carbocycles. The van der Waals surface area contributed by atoms with Crippen LogP contribution in [0.15, 0.2) is 18.2 Å². The van der Waals surface area contributed by atoms with Crippen LogP contribution in [0.25, 0.3) is 0 Å². The van der Waals surface area contributed by atoms with Crippen molar-refractivity contribution in [3.05, 3.63) is 29.6 Å². The van der Waals surface area contributed by atoms with Gasteiger partial charge in [0.15, 0.2) is 0 Å². The fourth-order valence-corrected chi connectivity index (χ4v) is 1.78. The quantitative estimate of drug-likeness (QED) is 0.679. The number of nitriles is 1. The van der Waals surface area contributed by atoms with Gasteiger partial charge in [-0.2, -0.15) is 5.26 Å². The predicted molar refractivity (Wildman–Crippen MR) is 52.6 cm³/mol. The van der Waals surface area contributed by atoms with Crippen LogP contribution in [0.5, 0.6) is 0 Å². The second-order valence-electron chi connectivity index (χ2n) is 3.47. The molecule has 0 saturated carbocycles. The minimum Gasteiger partial charge on any atom is -0.369 e. The molecule has 1 saturated heterocycles. The van der Waals surface area contributed by atoms with E-state index in [9.17, 15) is 4.39 Å². The first kappa shape index (κ1) is 9.01. The highest BCUT2D eigenvalue weighted by Crippen LogP contribution is 2.24. The SMILES string of the molecule is N#Cc1ccc(F)c(N2CCCC2)c1. The summed E-state index contributed by atoms with van der Waals surface area (Å²) in [4.78, 5) is 2.00. The molecule has 2 nitrogen and oxygen atoms in total. The van der Waals surface area contributed by atoms with Crippen LogP contribution >= 0.6 is 0 Å². The van der Waals surface area contributed by atoms with Gasteiger partial charge in [0.1, 0.15) is 5.82 Å². The van der Waals surface area contributed by atoms with Gasteiger partial charge in [-0.1, -0.05) is 0 Å². The van der Waals surface area contributed by atoms with Gasteiger partial charge in [0.2, 0.25) is 0 Å². The fourth-order valence-electron chi connectivity index (χ4n) is 1.78. The van der Waals surface area contributed by atoms with Crippen molar-refractivity contribution in [1.29, 1.82) is 5.26 Å². The highest BCUT2D eigenvalue weighted by molar-refractivity contribution is 5.53. The fraction of sp³-hybridized carbons (Fsp3) is 0.364. The summed E-state index contributed by atoms with van der Waals surface area (Å²) in [5.74, 6) is -0.231. The largest absolute Gasteiger partial charge is 0.369 e. The Morgan fingerprint density at radius 1 is 1.29 bits per heavy atom. The van der Waals surface area contributed by atoms with E-state index in [1.807, 2.05) is 11.0 Å². The zero-order valence-corrected chi connectivity index (χ0v) is 7.83. The van der Waals surface area contributed by atoms with Gasteiger partial charge in [0.25, 0.3) is 0 Å². The smallest absolute Gasteiger partial charge is 0.146 e. The number of halogens is 1. The van der Waals surface area contributed by atoms with E-state index in [0.29, 0.717) is 11.3 Å². The molecule has 0 spiro atoms. The number of rotatable bonds is 1. The molecule has 1 aromatic carbocycles. The van der Waals surface area contributed by atoms with Gasteiger partial charge in [-0.25, -0.2) is 4.39 Å². The minimum atomic E-state index is -0.231. The van der Waals surface area contributed by atoms with Crippen molar-refractivity contribution in [2.75, 3.05) is 18.0 Å². The minimum absolute atomic E-state index is 0.231. The summed E-state index contributed by atoms with van der Waals surface area (Å²) in [6.45, 7) is 1.79. The van der Waals surface area contributed by atoms with Crippen molar-refractivity contribution < 1.29 is 4.39 Å². The number of benzene rings is 1. The lowest BCUT2D eigenvalue weighted by Crippen LogP contribution is -2.18. The number of anilines is 1. The van der Waals surface area contributed by atoms with Gasteiger partial charge in [-0.3, -0.25) is 0 Å². The summed E-state index contributed by atoms with van der Waals surface area (Å²) in [5, 5.41) is 8.70. The van der Waals surface area contributed by atoms with Crippen molar-refractivity contribution in [3.8, 4) is 6.07 Å². The first-order valence-corrected chi connectivity index (χ1v) is 4.76. The van der Waals surface area contributed by atoms with Gasteiger partial charge < -0.3 is 4.90 Å². The first-order chi connectivity index (χ1) is 6.81. The van der Waals surface area contributed by atoms with E-state index >= 15 is 0 Å². The molecule has 0 atom stereocenters. The van der Waals surface area contributed by atoms with E-state index in [1.54, 1.807) is 6.07 Å². The van der Waals surface area contributed by atoms with Crippen molar-refractivity contribution in [1.82, 2.24) is 0 Å². The van der Waals surface area contributed by atoms with Crippen LogP contribution in [0.4, 0.5) is 10.1 Å². The molecule has 0 amide bonds. The molecule has 0 N–H and O–H groups in total. The molecule has 0 aromatic heterocycles. The van der Waals surface area contributed by atoms with Crippen LogP contribution in [0.3, 0.4) is 0 Å². The van der Waals surface area contributed by atoms with Crippen LogP contribution in [-0.4, -0.2) is 13.1 Å². The van der Waals surface area contributed by atoms with E-state index in [-0.39, 0.29) is 5.82 Å². The normalized spacial score (nSPS) is 15.6. The summed E-state index contributed by atoms with van der Waals surface area (Å²) in [5.41, 5.74) is 1.09. The van der Waals surface area contributed by atoms with Gasteiger partial charge in [0.05, 0.1) is 17.3 Å². The topological polar surface area (TPSA) is 27.0 Å². The summed E-state index contributed by atoms with van der Waals surface area (Å²) >= 11 is 0. The Morgan fingerprint density at radius 3 is 2.64 bits per heavy atom. The van der Waals surface area contributed by atoms with E-state index < -0.39 is 0 Å². The molecule has 72 valence electrons.